The first-order chi connectivity index (χ1) is 10.3. The van der Waals surface area contributed by atoms with Gasteiger partial charge < -0.3 is 22.9 Å². The Labute approximate surface area is 124 Å². The molecular formula is C12H14N6O4. The number of nitrogens with two attached hydrogens (primary N) is 4. The fourth-order valence-electron chi connectivity index (χ4n) is 1.46. The van der Waals surface area contributed by atoms with E-state index in [1.54, 1.807) is 0 Å². The van der Waals surface area contributed by atoms with Gasteiger partial charge in [-0.05, 0) is 12.1 Å². The molecule has 0 aliphatic rings. The maximum absolute atomic E-state index is 10.2. The van der Waals surface area contributed by atoms with Gasteiger partial charge in [0.05, 0.1) is 21.2 Å². The van der Waals surface area contributed by atoms with Crippen molar-refractivity contribution < 1.29 is 9.85 Å². The summed E-state index contributed by atoms with van der Waals surface area (Å²) in [6.07, 6.45) is 0. The molecule has 0 fully saturated rings. The van der Waals surface area contributed by atoms with Crippen LogP contribution in [0.25, 0.3) is 0 Å². The predicted molar refractivity (Wildman–Crippen MR) is 83.8 cm³/mol. The van der Waals surface area contributed by atoms with Gasteiger partial charge in [-0.2, -0.15) is 0 Å². The van der Waals surface area contributed by atoms with E-state index >= 15 is 0 Å². The van der Waals surface area contributed by atoms with Crippen LogP contribution in [0.2, 0.25) is 0 Å². The molecule has 0 amide bonds. The third-order valence-corrected chi connectivity index (χ3v) is 2.63. The number of nitrogen functional groups attached to an aromatic ring is 4. The Balaban J connectivity index is 0.000000220. The molecule has 0 heterocycles. The molecule has 0 saturated heterocycles. The summed E-state index contributed by atoms with van der Waals surface area (Å²) < 4.78 is 0. The van der Waals surface area contributed by atoms with Gasteiger partial charge in [-0.3, -0.25) is 20.2 Å². The molecule has 10 heteroatoms. The van der Waals surface area contributed by atoms with E-state index in [4.69, 9.17) is 22.9 Å². The summed E-state index contributed by atoms with van der Waals surface area (Å²) >= 11 is 0. The number of hydrogen-bond acceptors (Lipinski definition) is 8. The maximum atomic E-state index is 10.2. The number of benzene rings is 2. The number of anilines is 4. The van der Waals surface area contributed by atoms with Crippen LogP contribution in [-0.4, -0.2) is 9.85 Å². The van der Waals surface area contributed by atoms with Crippen LogP contribution in [0.5, 0.6) is 0 Å². The van der Waals surface area contributed by atoms with Crippen LogP contribution < -0.4 is 22.9 Å². The largest absolute Gasteiger partial charge is 0.397 e. The molecule has 2 aromatic carbocycles. The van der Waals surface area contributed by atoms with Crippen molar-refractivity contribution in [2.24, 2.45) is 0 Å². The molecule has 0 unspecified atom stereocenters. The average Bonchev–Trinajstić information content (AvgIpc) is 2.45. The van der Waals surface area contributed by atoms with Crippen molar-refractivity contribution in [2.75, 3.05) is 22.9 Å². The lowest BCUT2D eigenvalue weighted by molar-refractivity contribution is -0.384. The van der Waals surface area contributed by atoms with E-state index in [0.717, 1.165) is 0 Å². The van der Waals surface area contributed by atoms with Crippen LogP contribution in [0.4, 0.5) is 34.1 Å². The molecule has 0 bridgehead atoms. The van der Waals surface area contributed by atoms with Gasteiger partial charge in [0.1, 0.15) is 11.4 Å². The van der Waals surface area contributed by atoms with Crippen LogP contribution in [0, 0.1) is 20.2 Å². The van der Waals surface area contributed by atoms with E-state index in [-0.39, 0.29) is 34.1 Å². The Morgan fingerprint density at radius 1 is 0.682 bits per heavy atom. The van der Waals surface area contributed by atoms with Crippen molar-refractivity contribution in [3.05, 3.63) is 56.6 Å². The van der Waals surface area contributed by atoms with Gasteiger partial charge in [0.15, 0.2) is 0 Å². The highest BCUT2D eigenvalue weighted by molar-refractivity contribution is 5.74. The van der Waals surface area contributed by atoms with Crippen LogP contribution in [-0.2, 0) is 0 Å². The van der Waals surface area contributed by atoms with E-state index in [1.165, 1.54) is 36.4 Å². The van der Waals surface area contributed by atoms with E-state index in [9.17, 15) is 20.2 Å². The zero-order valence-electron chi connectivity index (χ0n) is 11.3. The smallest absolute Gasteiger partial charge is 0.294 e. The van der Waals surface area contributed by atoms with E-state index in [2.05, 4.69) is 0 Å². The van der Waals surface area contributed by atoms with Crippen molar-refractivity contribution in [3.8, 4) is 0 Å². The van der Waals surface area contributed by atoms with Crippen molar-refractivity contribution in [1.29, 1.82) is 0 Å². The molecule has 0 spiro atoms. The molecule has 0 atom stereocenters. The van der Waals surface area contributed by atoms with Crippen molar-refractivity contribution >= 4 is 34.1 Å². The van der Waals surface area contributed by atoms with Crippen LogP contribution in [0.15, 0.2) is 36.4 Å². The molecule has 10 nitrogen and oxygen atoms in total. The van der Waals surface area contributed by atoms with Crippen LogP contribution >= 0.6 is 0 Å². The zero-order valence-corrected chi connectivity index (χ0v) is 11.3. The quantitative estimate of drug-likeness (QED) is 0.364. The molecule has 8 N–H and O–H groups in total. The van der Waals surface area contributed by atoms with E-state index in [1.807, 2.05) is 0 Å². The summed E-state index contributed by atoms with van der Waals surface area (Å²) in [5.74, 6) is 0. The summed E-state index contributed by atoms with van der Waals surface area (Å²) in [6.45, 7) is 0. The van der Waals surface area contributed by atoms with Crippen LogP contribution in [0.1, 0.15) is 0 Å². The molecule has 0 aromatic heterocycles. The Bertz CT molecular complexity index is 657. The highest BCUT2D eigenvalue weighted by atomic mass is 16.6. The third kappa shape index (κ3) is 3.72. The number of nitro benzene ring substituents is 2. The molecule has 116 valence electrons. The SMILES string of the molecule is Nc1cccc([N+](=O)[O-])c1N.Nc1cccc([N+](=O)[O-])c1N. The lowest BCUT2D eigenvalue weighted by Gasteiger charge is -1.98. The predicted octanol–water partition coefficient (Wildman–Crippen LogP) is 1.52. The molecule has 2 aromatic rings. The second-order valence-corrected chi connectivity index (χ2v) is 4.07. The molecule has 2 rings (SSSR count). The van der Waals surface area contributed by atoms with Gasteiger partial charge in [0, 0.05) is 12.1 Å². The number of rotatable bonds is 2. The number of hydrogen-bond donors (Lipinski definition) is 4. The lowest BCUT2D eigenvalue weighted by atomic mass is 10.2. The van der Waals surface area contributed by atoms with Crippen molar-refractivity contribution in [3.63, 3.8) is 0 Å². The van der Waals surface area contributed by atoms with Crippen molar-refractivity contribution in [2.45, 2.75) is 0 Å². The lowest BCUT2D eigenvalue weighted by Crippen LogP contribution is -1.99. The molecule has 0 aliphatic carbocycles. The Morgan fingerprint density at radius 3 is 1.23 bits per heavy atom. The number of nitro groups is 2. The second kappa shape index (κ2) is 6.74. The van der Waals surface area contributed by atoms with Crippen molar-refractivity contribution in [1.82, 2.24) is 0 Å². The first-order valence-corrected chi connectivity index (χ1v) is 5.82. The van der Waals surface area contributed by atoms with Gasteiger partial charge in [-0.15, -0.1) is 0 Å². The minimum Gasteiger partial charge on any atom is -0.397 e. The second-order valence-electron chi connectivity index (χ2n) is 4.07. The highest BCUT2D eigenvalue weighted by Crippen LogP contribution is 2.26. The van der Waals surface area contributed by atoms with E-state index < -0.39 is 9.85 Å². The van der Waals surface area contributed by atoms with Gasteiger partial charge in [0.2, 0.25) is 0 Å². The van der Waals surface area contributed by atoms with Gasteiger partial charge in [-0.1, -0.05) is 12.1 Å². The van der Waals surface area contributed by atoms with Gasteiger partial charge in [-0.25, -0.2) is 0 Å². The summed E-state index contributed by atoms with van der Waals surface area (Å²) in [6, 6.07) is 8.63. The van der Waals surface area contributed by atoms with Gasteiger partial charge in [0.25, 0.3) is 11.4 Å². The molecule has 22 heavy (non-hydrogen) atoms. The molecule has 0 radical (unpaired) electrons. The Morgan fingerprint density at radius 2 is 1.00 bits per heavy atom. The first-order valence-electron chi connectivity index (χ1n) is 5.82. The van der Waals surface area contributed by atoms with E-state index in [0.29, 0.717) is 0 Å². The van der Waals surface area contributed by atoms with Gasteiger partial charge >= 0.3 is 0 Å². The summed E-state index contributed by atoms with van der Waals surface area (Å²) in [5.41, 5.74) is 21.5. The van der Waals surface area contributed by atoms with Crippen LogP contribution in [0.3, 0.4) is 0 Å². The Kier molecular flexibility index (Phi) is 5.06. The zero-order chi connectivity index (χ0) is 16.9. The molecule has 0 saturated carbocycles. The topological polar surface area (TPSA) is 190 Å². The highest BCUT2D eigenvalue weighted by Gasteiger charge is 2.12. The molecule has 0 aliphatic heterocycles. The summed E-state index contributed by atoms with van der Waals surface area (Å²) in [7, 11) is 0. The Hall–Kier alpha value is -3.56. The summed E-state index contributed by atoms with van der Waals surface area (Å²) in [5, 5.41) is 20.5. The molecular weight excluding hydrogens is 292 g/mol. The fourth-order valence-corrected chi connectivity index (χ4v) is 1.46. The minimum atomic E-state index is -0.564. The normalized spacial score (nSPS) is 9.45. The summed E-state index contributed by atoms with van der Waals surface area (Å²) in [4.78, 5) is 19.4. The maximum Gasteiger partial charge on any atom is 0.294 e. The number of nitrogens with zero attached hydrogens (tertiary/aromatic N) is 2. The third-order valence-electron chi connectivity index (χ3n) is 2.63. The standard InChI is InChI=1S/2C6H7N3O2/c2*7-4-2-1-3-5(6(4)8)9(10)11/h2*1-3H,7-8H2. The fraction of sp³-hybridized carbons (Fsp3) is 0. The average molecular weight is 306 g/mol. The number of para-hydroxylation sites is 2. The first kappa shape index (κ1) is 16.5. The minimum absolute atomic E-state index is 0.0255. The monoisotopic (exact) mass is 306 g/mol.